The summed E-state index contributed by atoms with van der Waals surface area (Å²) in [6.07, 6.45) is 6.59. The third-order valence-corrected chi connectivity index (χ3v) is 3.18. The Balaban J connectivity index is 2.24. The van der Waals surface area contributed by atoms with Crippen molar-refractivity contribution in [2.75, 3.05) is 0 Å². The van der Waals surface area contributed by atoms with Gasteiger partial charge in [0.25, 0.3) is 0 Å². The van der Waals surface area contributed by atoms with Gasteiger partial charge in [-0.15, -0.1) is 11.8 Å². The lowest BCUT2D eigenvalue weighted by Crippen LogP contribution is -1.96. The Bertz CT molecular complexity index is 359. The molecule has 2 aliphatic heterocycles. The van der Waals surface area contributed by atoms with E-state index in [4.69, 9.17) is 0 Å². The zero-order chi connectivity index (χ0) is 7.26. The maximum atomic E-state index is 2.31. The number of rotatable bonds is 0. The predicted octanol–water partition coefficient (Wildman–Crippen LogP) is 2.64. The highest BCUT2D eigenvalue weighted by Crippen LogP contribution is 2.44. The lowest BCUT2D eigenvalue weighted by atomic mass is 10.2. The van der Waals surface area contributed by atoms with E-state index in [9.17, 15) is 0 Å². The van der Waals surface area contributed by atoms with E-state index in [0.29, 0.717) is 5.37 Å². The normalized spacial score (nSPS) is 25.1. The first kappa shape index (κ1) is 5.72. The minimum Gasteiger partial charge on any atom is -0.331 e. The van der Waals surface area contributed by atoms with Gasteiger partial charge >= 0.3 is 0 Å². The van der Waals surface area contributed by atoms with Gasteiger partial charge in [0.2, 0.25) is 0 Å². The zero-order valence-electron chi connectivity index (χ0n) is 5.90. The molecule has 0 N–H and O–H groups in total. The van der Waals surface area contributed by atoms with Gasteiger partial charge in [-0.3, -0.25) is 0 Å². The largest absolute Gasteiger partial charge is 0.331 e. The van der Waals surface area contributed by atoms with Crippen LogP contribution >= 0.6 is 11.8 Å². The number of nitrogens with zero attached hydrogens (tertiary/aromatic N) is 1. The van der Waals surface area contributed by atoms with Gasteiger partial charge in [-0.1, -0.05) is 0 Å². The van der Waals surface area contributed by atoms with E-state index in [2.05, 4.69) is 40.5 Å². The highest BCUT2D eigenvalue weighted by Gasteiger charge is 2.24. The zero-order valence-corrected chi connectivity index (χ0v) is 6.71. The Morgan fingerprint density at radius 1 is 1.45 bits per heavy atom. The summed E-state index contributed by atoms with van der Waals surface area (Å²) < 4.78 is 2.31. The van der Waals surface area contributed by atoms with Gasteiger partial charge < -0.3 is 4.57 Å². The Morgan fingerprint density at radius 2 is 2.45 bits per heavy atom. The van der Waals surface area contributed by atoms with Crippen LogP contribution in [0.4, 0.5) is 0 Å². The molecule has 3 heterocycles. The third kappa shape index (κ3) is 0.627. The summed E-state index contributed by atoms with van der Waals surface area (Å²) in [5.41, 5.74) is 2.77. The van der Waals surface area contributed by atoms with Crippen LogP contribution < -0.4 is 0 Å². The Morgan fingerprint density at radius 3 is 3.45 bits per heavy atom. The molecule has 0 aliphatic carbocycles. The van der Waals surface area contributed by atoms with E-state index in [0.717, 1.165) is 0 Å². The van der Waals surface area contributed by atoms with Crippen molar-refractivity contribution < 1.29 is 0 Å². The van der Waals surface area contributed by atoms with E-state index in [1.54, 1.807) is 0 Å². The van der Waals surface area contributed by atoms with Crippen molar-refractivity contribution in [3.8, 4) is 0 Å². The molecule has 0 saturated heterocycles. The quantitative estimate of drug-likeness (QED) is 0.566. The number of thioether (sulfide) groups is 1. The summed E-state index contributed by atoms with van der Waals surface area (Å²) in [6.45, 7) is 0. The molecule has 0 saturated carbocycles. The van der Waals surface area contributed by atoms with Gasteiger partial charge in [0.15, 0.2) is 0 Å². The van der Waals surface area contributed by atoms with E-state index in [1.807, 2.05) is 11.8 Å². The topological polar surface area (TPSA) is 4.93 Å². The van der Waals surface area contributed by atoms with Crippen molar-refractivity contribution in [2.45, 2.75) is 5.37 Å². The summed E-state index contributed by atoms with van der Waals surface area (Å²) in [4.78, 5) is 0. The minimum absolute atomic E-state index is 0.542. The van der Waals surface area contributed by atoms with Gasteiger partial charge in [0, 0.05) is 11.9 Å². The van der Waals surface area contributed by atoms with Crippen LogP contribution in [-0.4, -0.2) is 4.57 Å². The van der Waals surface area contributed by atoms with Gasteiger partial charge in [0.1, 0.15) is 5.37 Å². The number of fused-ring (bicyclic) bond motifs is 3. The molecule has 2 aliphatic rings. The minimum atomic E-state index is 0.542. The lowest BCUT2D eigenvalue weighted by molar-refractivity contribution is 0.812. The standard InChI is InChI=1S/C9H7NS/c1-2-8-6-7-3-5-11-9(7)10(8)4-1/h1-6,9H. The van der Waals surface area contributed by atoms with E-state index < -0.39 is 0 Å². The average Bonchev–Trinajstić information content (AvgIpc) is 2.52. The number of aromatic nitrogens is 1. The molecule has 2 heteroatoms. The van der Waals surface area contributed by atoms with Gasteiger partial charge in [0.05, 0.1) is 0 Å². The van der Waals surface area contributed by atoms with Crippen LogP contribution in [0.2, 0.25) is 0 Å². The average molecular weight is 161 g/mol. The monoisotopic (exact) mass is 161 g/mol. The molecule has 1 aromatic rings. The molecule has 0 spiro atoms. The van der Waals surface area contributed by atoms with Crippen LogP contribution in [-0.2, 0) is 0 Å². The molecule has 1 nitrogen and oxygen atoms in total. The maximum Gasteiger partial charge on any atom is 0.109 e. The van der Waals surface area contributed by atoms with Crippen molar-refractivity contribution >= 4 is 17.8 Å². The van der Waals surface area contributed by atoms with Crippen LogP contribution in [0, 0.1) is 0 Å². The van der Waals surface area contributed by atoms with Crippen molar-refractivity contribution in [2.24, 2.45) is 0 Å². The molecule has 0 fully saturated rings. The second kappa shape index (κ2) is 1.83. The molecule has 1 unspecified atom stereocenters. The summed E-state index contributed by atoms with van der Waals surface area (Å²) in [6, 6.07) is 4.25. The first-order chi connectivity index (χ1) is 5.45. The van der Waals surface area contributed by atoms with Gasteiger partial charge in [-0.2, -0.15) is 0 Å². The first-order valence-electron chi connectivity index (χ1n) is 3.65. The van der Waals surface area contributed by atoms with Crippen LogP contribution in [0.3, 0.4) is 0 Å². The predicted molar refractivity (Wildman–Crippen MR) is 48.2 cm³/mol. The summed E-state index contributed by atoms with van der Waals surface area (Å²) in [5, 5.41) is 2.71. The fourth-order valence-corrected chi connectivity index (χ4v) is 2.62. The number of hydrogen-bond acceptors (Lipinski definition) is 1. The van der Waals surface area contributed by atoms with Crippen molar-refractivity contribution in [3.05, 3.63) is 41.1 Å². The molecule has 3 rings (SSSR count). The van der Waals surface area contributed by atoms with Crippen molar-refractivity contribution in [1.82, 2.24) is 4.57 Å². The maximum absolute atomic E-state index is 2.31. The molecule has 1 aromatic heterocycles. The Kier molecular flexibility index (Phi) is 0.950. The molecule has 0 bridgehead atoms. The summed E-state index contributed by atoms with van der Waals surface area (Å²) >= 11 is 1.87. The van der Waals surface area contributed by atoms with Crippen LogP contribution in [0.1, 0.15) is 11.1 Å². The fraction of sp³-hybridized carbons (Fsp3) is 0.111. The molecule has 0 aromatic carbocycles. The molecule has 1 atom stereocenters. The second-order valence-electron chi connectivity index (χ2n) is 2.78. The number of hydrogen-bond donors (Lipinski definition) is 0. The fourth-order valence-electron chi connectivity index (χ4n) is 1.61. The Labute approximate surface area is 69.4 Å². The highest BCUT2D eigenvalue weighted by molar-refractivity contribution is 8.02. The first-order valence-corrected chi connectivity index (χ1v) is 4.60. The molecular weight excluding hydrogens is 154 g/mol. The molecular formula is C9H7NS. The van der Waals surface area contributed by atoms with Gasteiger partial charge in [-0.25, -0.2) is 0 Å². The second-order valence-corrected chi connectivity index (χ2v) is 3.77. The molecule has 54 valence electrons. The summed E-state index contributed by atoms with van der Waals surface area (Å²) in [5.74, 6) is 0. The van der Waals surface area contributed by atoms with E-state index in [1.165, 1.54) is 11.3 Å². The third-order valence-electron chi connectivity index (χ3n) is 2.13. The van der Waals surface area contributed by atoms with Gasteiger partial charge in [-0.05, 0) is 35.3 Å². The smallest absolute Gasteiger partial charge is 0.109 e. The molecule has 0 amide bonds. The van der Waals surface area contributed by atoms with E-state index >= 15 is 0 Å². The number of allylic oxidation sites excluding steroid dienone is 1. The van der Waals surface area contributed by atoms with Crippen LogP contribution in [0.15, 0.2) is 35.4 Å². The SMILES string of the molecule is C1=CC2=Cc3cccn3C2S1. The van der Waals surface area contributed by atoms with Crippen LogP contribution in [0.5, 0.6) is 0 Å². The van der Waals surface area contributed by atoms with E-state index in [-0.39, 0.29) is 0 Å². The highest BCUT2D eigenvalue weighted by atomic mass is 32.2. The molecule has 0 radical (unpaired) electrons. The lowest BCUT2D eigenvalue weighted by Gasteiger charge is -2.07. The summed E-state index contributed by atoms with van der Waals surface area (Å²) in [7, 11) is 0. The van der Waals surface area contributed by atoms with Crippen LogP contribution in [0.25, 0.3) is 6.08 Å². The Hall–Kier alpha value is -0.890. The van der Waals surface area contributed by atoms with Crippen molar-refractivity contribution in [1.29, 1.82) is 0 Å². The molecule has 11 heavy (non-hydrogen) atoms. The van der Waals surface area contributed by atoms with Crippen molar-refractivity contribution in [3.63, 3.8) is 0 Å².